The SMILES string of the molecule is CCCCCCCCCCC(C)OC(=O)C1=C(C)NC(C)=C(C(=O)O)C1c1ccccc1C#N. The van der Waals surface area contributed by atoms with Crippen molar-refractivity contribution in [1.82, 2.24) is 5.32 Å². The van der Waals surface area contributed by atoms with Gasteiger partial charge in [-0.1, -0.05) is 70.1 Å². The van der Waals surface area contributed by atoms with Crippen LogP contribution in [-0.2, 0) is 14.3 Å². The standard InChI is InChI=1S/C28H38N2O4/c1-5-6-7-8-9-10-11-12-15-19(2)34-28(33)25-21(4)30-20(3)24(27(31)32)26(25)23-17-14-13-16-22(23)18-29/h13-14,16-17,19,26,30H,5-12,15H2,1-4H3,(H,31,32). The summed E-state index contributed by atoms with van der Waals surface area (Å²) in [6, 6.07) is 8.93. The van der Waals surface area contributed by atoms with Crippen LogP contribution in [0.5, 0.6) is 0 Å². The molecule has 0 spiro atoms. The van der Waals surface area contributed by atoms with Crippen LogP contribution in [0.25, 0.3) is 0 Å². The Morgan fingerprint density at radius 2 is 1.62 bits per heavy atom. The number of carboxylic acid groups (broad SMARTS) is 1. The summed E-state index contributed by atoms with van der Waals surface area (Å²) >= 11 is 0. The number of ether oxygens (including phenoxy) is 1. The third kappa shape index (κ3) is 7.21. The Hall–Kier alpha value is -3.07. The van der Waals surface area contributed by atoms with E-state index in [0.29, 0.717) is 22.5 Å². The number of nitrogens with zero attached hydrogens (tertiary/aromatic N) is 1. The molecule has 6 nitrogen and oxygen atoms in total. The monoisotopic (exact) mass is 466 g/mol. The molecule has 2 rings (SSSR count). The molecule has 1 heterocycles. The molecule has 0 radical (unpaired) electrons. The van der Waals surface area contributed by atoms with Gasteiger partial charge >= 0.3 is 11.9 Å². The number of hydrogen-bond donors (Lipinski definition) is 2. The van der Waals surface area contributed by atoms with Gasteiger partial charge in [-0.2, -0.15) is 5.26 Å². The van der Waals surface area contributed by atoms with Gasteiger partial charge in [-0.25, -0.2) is 9.59 Å². The molecule has 0 aromatic heterocycles. The number of hydrogen-bond acceptors (Lipinski definition) is 5. The predicted octanol–water partition coefficient (Wildman–Crippen LogP) is 6.34. The number of benzene rings is 1. The number of aliphatic carboxylic acids is 1. The van der Waals surface area contributed by atoms with Crippen LogP contribution in [-0.4, -0.2) is 23.1 Å². The molecule has 0 saturated carbocycles. The zero-order valence-electron chi connectivity index (χ0n) is 20.9. The number of nitriles is 1. The summed E-state index contributed by atoms with van der Waals surface area (Å²) in [5.41, 5.74) is 2.12. The number of carbonyl (C=O) groups excluding carboxylic acids is 1. The first-order chi connectivity index (χ1) is 16.3. The van der Waals surface area contributed by atoms with Crippen LogP contribution in [0.1, 0.15) is 103 Å². The Morgan fingerprint density at radius 3 is 2.24 bits per heavy atom. The molecule has 0 bridgehead atoms. The predicted molar refractivity (Wildman–Crippen MR) is 133 cm³/mol. The van der Waals surface area contributed by atoms with Crippen molar-refractivity contribution in [1.29, 1.82) is 5.26 Å². The fourth-order valence-corrected chi connectivity index (χ4v) is 4.58. The summed E-state index contributed by atoms with van der Waals surface area (Å²) in [5.74, 6) is -2.55. The highest BCUT2D eigenvalue weighted by atomic mass is 16.5. The lowest BCUT2D eigenvalue weighted by Crippen LogP contribution is -2.33. The second-order valence-corrected chi connectivity index (χ2v) is 9.12. The fraction of sp³-hybridized carbons (Fsp3) is 0.536. The van der Waals surface area contributed by atoms with Gasteiger partial charge < -0.3 is 15.2 Å². The molecule has 34 heavy (non-hydrogen) atoms. The number of unbranched alkanes of at least 4 members (excludes halogenated alkanes) is 7. The lowest BCUT2D eigenvalue weighted by molar-refractivity contribution is -0.144. The Morgan fingerprint density at radius 1 is 1.03 bits per heavy atom. The average molecular weight is 467 g/mol. The van der Waals surface area contributed by atoms with E-state index in [9.17, 15) is 20.0 Å². The summed E-state index contributed by atoms with van der Waals surface area (Å²) in [7, 11) is 0. The van der Waals surface area contributed by atoms with Gasteiger partial charge in [0, 0.05) is 11.4 Å². The van der Waals surface area contributed by atoms with Crippen molar-refractivity contribution >= 4 is 11.9 Å². The van der Waals surface area contributed by atoms with Crippen LogP contribution in [0.15, 0.2) is 46.8 Å². The van der Waals surface area contributed by atoms with Gasteiger partial charge in [0.25, 0.3) is 0 Å². The van der Waals surface area contributed by atoms with Crippen molar-refractivity contribution in [3.63, 3.8) is 0 Å². The van der Waals surface area contributed by atoms with E-state index in [0.717, 1.165) is 19.3 Å². The van der Waals surface area contributed by atoms with Crippen molar-refractivity contribution in [2.24, 2.45) is 0 Å². The van der Waals surface area contributed by atoms with Crippen LogP contribution < -0.4 is 5.32 Å². The molecule has 184 valence electrons. The van der Waals surface area contributed by atoms with E-state index < -0.39 is 17.9 Å². The number of esters is 1. The maximum Gasteiger partial charge on any atom is 0.337 e. The highest BCUT2D eigenvalue weighted by Crippen LogP contribution is 2.40. The van der Waals surface area contributed by atoms with E-state index in [4.69, 9.17) is 4.74 Å². The molecule has 1 aliphatic rings. The van der Waals surface area contributed by atoms with Crippen LogP contribution in [0.2, 0.25) is 0 Å². The number of carboxylic acids is 1. The van der Waals surface area contributed by atoms with Crippen molar-refractivity contribution < 1.29 is 19.4 Å². The molecule has 1 aliphatic heterocycles. The Kier molecular flexibility index (Phi) is 10.9. The van der Waals surface area contributed by atoms with Crippen LogP contribution in [0, 0.1) is 11.3 Å². The van der Waals surface area contributed by atoms with Gasteiger partial charge in [0.15, 0.2) is 0 Å². The van der Waals surface area contributed by atoms with E-state index in [-0.39, 0.29) is 17.3 Å². The average Bonchev–Trinajstić information content (AvgIpc) is 2.79. The maximum absolute atomic E-state index is 13.3. The molecular formula is C28H38N2O4. The first-order valence-corrected chi connectivity index (χ1v) is 12.4. The number of rotatable bonds is 13. The molecule has 1 aromatic carbocycles. The first kappa shape index (κ1) is 27.2. The molecule has 2 unspecified atom stereocenters. The zero-order chi connectivity index (χ0) is 25.1. The van der Waals surface area contributed by atoms with Crippen LogP contribution >= 0.6 is 0 Å². The third-order valence-electron chi connectivity index (χ3n) is 6.38. The van der Waals surface area contributed by atoms with Gasteiger partial charge in [-0.05, 0) is 45.2 Å². The first-order valence-electron chi connectivity index (χ1n) is 12.4. The van der Waals surface area contributed by atoms with Crippen LogP contribution in [0.3, 0.4) is 0 Å². The van der Waals surface area contributed by atoms with Crippen molar-refractivity contribution in [2.45, 2.75) is 97.5 Å². The topological polar surface area (TPSA) is 99.4 Å². The van der Waals surface area contributed by atoms with Crippen LogP contribution in [0.4, 0.5) is 0 Å². The van der Waals surface area contributed by atoms with Gasteiger partial charge in [-0.15, -0.1) is 0 Å². The van der Waals surface area contributed by atoms with Gasteiger partial charge in [-0.3, -0.25) is 0 Å². The van der Waals surface area contributed by atoms with Gasteiger partial charge in [0.05, 0.1) is 34.8 Å². The van der Waals surface area contributed by atoms with E-state index in [1.54, 1.807) is 38.1 Å². The molecule has 2 N–H and O–H groups in total. The zero-order valence-corrected chi connectivity index (χ0v) is 20.9. The highest BCUT2D eigenvalue weighted by Gasteiger charge is 2.38. The summed E-state index contributed by atoms with van der Waals surface area (Å²) in [6.45, 7) is 7.50. The molecule has 0 saturated heterocycles. The highest BCUT2D eigenvalue weighted by molar-refractivity contribution is 5.99. The third-order valence-corrected chi connectivity index (χ3v) is 6.38. The minimum absolute atomic E-state index is 0.0518. The maximum atomic E-state index is 13.3. The number of carbonyl (C=O) groups is 2. The fourth-order valence-electron chi connectivity index (χ4n) is 4.58. The number of allylic oxidation sites excluding steroid dienone is 2. The second kappa shape index (κ2) is 13.6. The van der Waals surface area contributed by atoms with E-state index in [2.05, 4.69) is 18.3 Å². The quantitative estimate of drug-likeness (QED) is 0.260. The van der Waals surface area contributed by atoms with E-state index in [1.807, 2.05) is 6.92 Å². The minimum atomic E-state index is -1.13. The Balaban J connectivity index is 2.12. The largest absolute Gasteiger partial charge is 0.478 e. The Labute approximate surface area is 203 Å². The van der Waals surface area contributed by atoms with Crippen molar-refractivity contribution in [3.8, 4) is 6.07 Å². The molecule has 2 atom stereocenters. The van der Waals surface area contributed by atoms with Gasteiger partial charge in [0.1, 0.15) is 0 Å². The van der Waals surface area contributed by atoms with Gasteiger partial charge in [0.2, 0.25) is 0 Å². The summed E-state index contributed by atoms with van der Waals surface area (Å²) in [5, 5.41) is 22.6. The molecule has 0 fully saturated rings. The Bertz CT molecular complexity index is 971. The number of nitrogens with one attached hydrogen (secondary N) is 1. The second-order valence-electron chi connectivity index (χ2n) is 9.12. The summed E-state index contributed by atoms with van der Waals surface area (Å²) in [6.07, 6.45) is 10.2. The molecular weight excluding hydrogens is 428 g/mol. The lowest BCUT2D eigenvalue weighted by atomic mass is 9.79. The summed E-state index contributed by atoms with van der Waals surface area (Å²) in [4.78, 5) is 25.5. The minimum Gasteiger partial charge on any atom is -0.478 e. The summed E-state index contributed by atoms with van der Waals surface area (Å²) < 4.78 is 5.77. The number of dihydropyridines is 1. The molecule has 0 aliphatic carbocycles. The smallest absolute Gasteiger partial charge is 0.337 e. The lowest BCUT2D eigenvalue weighted by Gasteiger charge is -2.30. The normalized spacial score (nSPS) is 16.6. The molecule has 0 amide bonds. The van der Waals surface area contributed by atoms with Crippen molar-refractivity contribution in [3.05, 3.63) is 57.9 Å². The molecule has 1 aromatic rings. The van der Waals surface area contributed by atoms with E-state index >= 15 is 0 Å². The van der Waals surface area contributed by atoms with Crippen molar-refractivity contribution in [2.75, 3.05) is 0 Å². The molecule has 6 heteroatoms. The van der Waals surface area contributed by atoms with E-state index in [1.165, 1.54) is 38.5 Å².